The van der Waals surface area contributed by atoms with Crippen molar-refractivity contribution in [1.29, 1.82) is 0 Å². The number of aryl methyl sites for hydroxylation is 1. The van der Waals surface area contributed by atoms with Crippen LogP contribution in [0.4, 0.5) is 11.4 Å². The Morgan fingerprint density at radius 3 is 2.57 bits per heavy atom. The molecule has 4 nitrogen and oxygen atoms in total. The highest BCUT2D eigenvalue weighted by Gasteiger charge is 2.11. The zero-order valence-electron chi connectivity index (χ0n) is 14.3. The lowest BCUT2D eigenvalue weighted by atomic mass is 10.2. The second-order valence-corrected chi connectivity index (χ2v) is 6.09. The first kappa shape index (κ1) is 17.0. The molecule has 1 amide bonds. The second-order valence-electron chi connectivity index (χ2n) is 6.09. The van der Waals surface area contributed by atoms with Gasteiger partial charge in [-0.05, 0) is 49.6 Å². The van der Waals surface area contributed by atoms with E-state index in [-0.39, 0.29) is 5.91 Å². The first-order valence-electron chi connectivity index (χ1n) is 8.09. The molecule has 0 aliphatic rings. The van der Waals surface area contributed by atoms with Crippen LogP contribution in [0.25, 0.3) is 0 Å². The fraction of sp³-hybridized carbons (Fsp3) is 0.368. The predicted molar refractivity (Wildman–Crippen MR) is 95.3 cm³/mol. The number of aromatic nitrogens is 1. The van der Waals surface area contributed by atoms with Gasteiger partial charge >= 0.3 is 0 Å². The maximum absolute atomic E-state index is 12.0. The van der Waals surface area contributed by atoms with Gasteiger partial charge in [0, 0.05) is 18.8 Å². The molecule has 0 spiro atoms. The highest BCUT2D eigenvalue weighted by atomic mass is 16.1. The van der Waals surface area contributed by atoms with Gasteiger partial charge in [0.2, 0.25) is 0 Å². The number of amides is 1. The third-order valence-electron chi connectivity index (χ3n) is 3.59. The van der Waals surface area contributed by atoms with E-state index in [2.05, 4.69) is 67.2 Å². The van der Waals surface area contributed by atoms with Crippen molar-refractivity contribution >= 4 is 17.3 Å². The molecule has 0 aliphatic carbocycles. The molecule has 0 saturated heterocycles. The number of nitrogens with zero attached hydrogens (tertiary/aromatic N) is 2. The molecule has 23 heavy (non-hydrogen) atoms. The van der Waals surface area contributed by atoms with Crippen molar-refractivity contribution in [2.75, 3.05) is 18.0 Å². The van der Waals surface area contributed by atoms with Gasteiger partial charge in [0.1, 0.15) is 5.69 Å². The third kappa shape index (κ3) is 4.55. The number of rotatable bonds is 6. The SMILES string of the molecule is CCN(c1ccc(C(=O)NCC(C)C)nc1)c1cccc(C)c1. The van der Waals surface area contributed by atoms with Gasteiger partial charge in [0.05, 0.1) is 11.9 Å². The summed E-state index contributed by atoms with van der Waals surface area (Å²) >= 11 is 0. The van der Waals surface area contributed by atoms with Gasteiger partial charge in [-0.15, -0.1) is 0 Å². The van der Waals surface area contributed by atoms with E-state index in [9.17, 15) is 4.79 Å². The van der Waals surface area contributed by atoms with Crippen molar-refractivity contribution in [3.63, 3.8) is 0 Å². The van der Waals surface area contributed by atoms with Crippen LogP contribution in [-0.4, -0.2) is 24.0 Å². The smallest absolute Gasteiger partial charge is 0.269 e. The molecule has 2 aromatic rings. The molecular weight excluding hydrogens is 286 g/mol. The normalized spacial score (nSPS) is 10.7. The minimum Gasteiger partial charge on any atom is -0.350 e. The van der Waals surface area contributed by atoms with Crippen LogP contribution >= 0.6 is 0 Å². The first-order valence-corrected chi connectivity index (χ1v) is 8.09. The zero-order chi connectivity index (χ0) is 16.8. The van der Waals surface area contributed by atoms with Gasteiger partial charge in [-0.1, -0.05) is 26.0 Å². The fourth-order valence-corrected chi connectivity index (χ4v) is 2.38. The largest absolute Gasteiger partial charge is 0.350 e. The number of nitrogens with one attached hydrogen (secondary N) is 1. The molecule has 122 valence electrons. The number of carbonyl (C=O) groups excluding carboxylic acids is 1. The molecule has 1 heterocycles. The fourth-order valence-electron chi connectivity index (χ4n) is 2.38. The maximum Gasteiger partial charge on any atom is 0.269 e. The molecule has 1 aromatic heterocycles. The Morgan fingerprint density at radius 1 is 1.22 bits per heavy atom. The highest BCUT2D eigenvalue weighted by molar-refractivity contribution is 5.92. The van der Waals surface area contributed by atoms with Crippen molar-refractivity contribution in [2.24, 2.45) is 5.92 Å². The minimum atomic E-state index is -0.121. The molecule has 4 heteroatoms. The summed E-state index contributed by atoms with van der Waals surface area (Å²) in [4.78, 5) is 18.5. The van der Waals surface area contributed by atoms with Crippen molar-refractivity contribution in [3.05, 3.63) is 53.9 Å². The number of carbonyl (C=O) groups is 1. The van der Waals surface area contributed by atoms with E-state index in [1.807, 2.05) is 6.07 Å². The Hall–Kier alpha value is -2.36. The van der Waals surface area contributed by atoms with Gasteiger partial charge in [0.25, 0.3) is 5.91 Å². The van der Waals surface area contributed by atoms with Crippen LogP contribution in [0.15, 0.2) is 42.6 Å². The molecule has 0 atom stereocenters. The average molecular weight is 311 g/mol. The van der Waals surface area contributed by atoms with Crippen LogP contribution in [0.3, 0.4) is 0 Å². The van der Waals surface area contributed by atoms with Crippen LogP contribution in [-0.2, 0) is 0 Å². The van der Waals surface area contributed by atoms with Crippen LogP contribution in [0.1, 0.15) is 36.8 Å². The molecule has 0 fully saturated rings. The Bertz CT molecular complexity index is 650. The van der Waals surface area contributed by atoms with Gasteiger partial charge in [0.15, 0.2) is 0 Å². The Kier molecular flexibility index (Phi) is 5.74. The molecule has 1 aromatic carbocycles. The summed E-state index contributed by atoms with van der Waals surface area (Å²) in [6, 6.07) is 12.1. The third-order valence-corrected chi connectivity index (χ3v) is 3.59. The summed E-state index contributed by atoms with van der Waals surface area (Å²) in [7, 11) is 0. The number of pyridine rings is 1. The van der Waals surface area contributed by atoms with E-state index in [0.717, 1.165) is 17.9 Å². The molecule has 0 aliphatic heterocycles. The average Bonchev–Trinajstić information content (AvgIpc) is 2.54. The maximum atomic E-state index is 12.0. The molecule has 0 unspecified atom stereocenters. The van der Waals surface area contributed by atoms with E-state index < -0.39 is 0 Å². The molecule has 0 bridgehead atoms. The lowest BCUT2D eigenvalue weighted by Gasteiger charge is -2.23. The van der Waals surface area contributed by atoms with Crippen LogP contribution < -0.4 is 10.2 Å². The van der Waals surface area contributed by atoms with Gasteiger partial charge in [-0.25, -0.2) is 4.98 Å². The number of benzene rings is 1. The van der Waals surface area contributed by atoms with E-state index in [0.29, 0.717) is 18.2 Å². The van der Waals surface area contributed by atoms with Crippen LogP contribution in [0.2, 0.25) is 0 Å². The van der Waals surface area contributed by atoms with Crippen LogP contribution in [0.5, 0.6) is 0 Å². The Labute approximate surface area is 138 Å². The molecule has 2 rings (SSSR count). The lowest BCUT2D eigenvalue weighted by Crippen LogP contribution is -2.28. The Morgan fingerprint density at radius 2 is 2.00 bits per heavy atom. The van der Waals surface area contributed by atoms with E-state index in [4.69, 9.17) is 0 Å². The summed E-state index contributed by atoms with van der Waals surface area (Å²) in [6.07, 6.45) is 1.76. The van der Waals surface area contributed by atoms with Gasteiger partial charge < -0.3 is 10.2 Å². The van der Waals surface area contributed by atoms with E-state index in [1.54, 1.807) is 12.3 Å². The van der Waals surface area contributed by atoms with Crippen LogP contribution in [0, 0.1) is 12.8 Å². The lowest BCUT2D eigenvalue weighted by molar-refractivity contribution is 0.0944. The number of hydrogen-bond acceptors (Lipinski definition) is 3. The van der Waals surface area contributed by atoms with Gasteiger partial charge in [-0.3, -0.25) is 4.79 Å². The standard InChI is InChI=1S/C19H25N3O/c1-5-22(16-8-6-7-15(4)11-16)17-9-10-18(20-13-17)19(23)21-12-14(2)3/h6-11,13-14H,5,12H2,1-4H3,(H,21,23). The summed E-state index contributed by atoms with van der Waals surface area (Å²) < 4.78 is 0. The second kappa shape index (κ2) is 7.77. The van der Waals surface area contributed by atoms with E-state index in [1.165, 1.54) is 5.56 Å². The monoisotopic (exact) mass is 311 g/mol. The quantitative estimate of drug-likeness (QED) is 0.879. The minimum absolute atomic E-state index is 0.121. The molecular formula is C19H25N3O. The number of hydrogen-bond donors (Lipinski definition) is 1. The number of anilines is 2. The first-order chi connectivity index (χ1) is 11.0. The van der Waals surface area contributed by atoms with Crippen molar-refractivity contribution < 1.29 is 4.79 Å². The summed E-state index contributed by atoms with van der Waals surface area (Å²) in [5.41, 5.74) is 3.79. The summed E-state index contributed by atoms with van der Waals surface area (Å²) in [6.45, 7) is 9.82. The van der Waals surface area contributed by atoms with Crippen molar-refractivity contribution in [1.82, 2.24) is 10.3 Å². The summed E-state index contributed by atoms with van der Waals surface area (Å²) in [5, 5.41) is 2.89. The Balaban J connectivity index is 2.15. The predicted octanol–water partition coefficient (Wildman–Crippen LogP) is 3.93. The molecule has 1 N–H and O–H groups in total. The van der Waals surface area contributed by atoms with Gasteiger partial charge in [-0.2, -0.15) is 0 Å². The van der Waals surface area contributed by atoms with Crippen molar-refractivity contribution in [3.8, 4) is 0 Å². The molecule has 0 saturated carbocycles. The summed E-state index contributed by atoms with van der Waals surface area (Å²) in [5.74, 6) is 0.305. The highest BCUT2D eigenvalue weighted by Crippen LogP contribution is 2.25. The van der Waals surface area contributed by atoms with Crippen molar-refractivity contribution in [2.45, 2.75) is 27.7 Å². The zero-order valence-corrected chi connectivity index (χ0v) is 14.3. The molecule has 0 radical (unpaired) electrons. The van der Waals surface area contributed by atoms with E-state index >= 15 is 0 Å². The topological polar surface area (TPSA) is 45.2 Å².